The molecular formula is C11H15NO2. The van der Waals surface area contributed by atoms with E-state index in [1.165, 1.54) is 0 Å². The lowest BCUT2D eigenvalue weighted by molar-refractivity contribution is -0.129. The molecule has 1 atom stereocenters. The Morgan fingerprint density at radius 3 is 2.64 bits per heavy atom. The smallest absolute Gasteiger partial charge is 0.249 e. The fourth-order valence-corrected chi connectivity index (χ4v) is 1.09. The van der Waals surface area contributed by atoms with Gasteiger partial charge in [0.1, 0.15) is 6.10 Å². The Labute approximate surface area is 83.8 Å². The van der Waals surface area contributed by atoms with E-state index in [0.29, 0.717) is 13.0 Å². The van der Waals surface area contributed by atoms with E-state index in [4.69, 9.17) is 0 Å². The van der Waals surface area contributed by atoms with E-state index in [9.17, 15) is 9.90 Å². The minimum absolute atomic E-state index is 0.309. The molecule has 0 bridgehead atoms. The first-order chi connectivity index (χ1) is 6.74. The molecule has 0 aliphatic rings. The number of hydrogen-bond donors (Lipinski definition) is 2. The van der Waals surface area contributed by atoms with E-state index in [1.807, 2.05) is 30.3 Å². The highest BCUT2D eigenvalue weighted by atomic mass is 16.3. The molecule has 0 spiro atoms. The van der Waals surface area contributed by atoms with Crippen molar-refractivity contribution in [1.29, 1.82) is 0 Å². The van der Waals surface area contributed by atoms with Gasteiger partial charge in [0, 0.05) is 6.54 Å². The van der Waals surface area contributed by atoms with Gasteiger partial charge in [-0.3, -0.25) is 4.79 Å². The lowest BCUT2D eigenvalue weighted by atomic mass is 10.2. The van der Waals surface area contributed by atoms with Crippen LogP contribution in [0.5, 0.6) is 0 Å². The number of carbonyl (C=O) groups excluding carboxylic acids is 1. The van der Waals surface area contributed by atoms with Gasteiger partial charge in [-0.25, -0.2) is 0 Å². The fourth-order valence-electron chi connectivity index (χ4n) is 1.09. The standard InChI is InChI=1S/C11H15NO2/c1-2-10(13)11(14)12-8-9-6-4-3-5-7-9/h3-7,10,13H,2,8H2,1H3,(H,12,14). The Hall–Kier alpha value is -1.35. The van der Waals surface area contributed by atoms with Gasteiger partial charge in [0.25, 0.3) is 0 Å². The Kier molecular flexibility index (Phi) is 4.13. The molecule has 0 aliphatic carbocycles. The number of nitrogens with one attached hydrogen (secondary N) is 1. The summed E-state index contributed by atoms with van der Waals surface area (Å²) in [4.78, 5) is 11.2. The number of aliphatic hydroxyl groups is 1. The second-order valence-electron chi connectivity index (χ2n) is 3.13. The van der Waals surface area contributed by atoms with E-state index in [1.54, 1.807) is 6.92 Å². The van der Waals surface area contributed by atoms with Gasteiger partial charge in [0.15, 0.2) is 0 Å². The Bertz CT molecular complexity index is 285. The predicted octanol–water partition coefficient (Wildman–Crippen LogP) is 1.07. The molecule has 2 N–H and O–H groups in total. The molecule has 3 nitrogen and oxygen atoms in total. The molecule has 3 heteroatoms. The Balaban J connectivity index is 2.38. The molecule has 1 amide bonds. The van der Waals surface area contributed by atoms with Crippen molar-refractivity contribution >= 4 is 5.91 Å². The summed E-state index contributed by atoms with van der Waals surface area (Å²) in [5.41, 5.74) is 1.03. The Morgan fingerprint density at radius 2 is 2.07 bits per heavy atom. The van der Waals surface area contributed by atoms with Crippen LogP contribution < -0.4 is 5.32 Å². The molecule has 1 aromatic carbocycles. The molecule has 14 heavy (non-hydrogen) atoms. The van der Waals surface area contributed by atoms with Crippen LogP contribution in [0.25, 0.3) is 0 Å². The second-order valence-corrected chi connectivity index (χ2v) is 3.13. The molecular weight excluding hydrogens is 178 g/mol. The monoisotopic (exact) mass is 193 g/mol. The zero-order chi connectivity index (χ0) is 10.4. The number of amides is 1. The number of rotatable bonds is 4. The third-order valence-corrected chi connectivity index (χ3v) is 2.00. The number of hydrogen-bond acceptors (Lipinski definition) is 2. The molecule has 0 radical (unpaired) electrons. The van der Waals surface area contributed by atoms with Crippen LogP contribution in [0.3, 0.4) is 0 Å². The van der Waals surface area contributed by atoms with Gasteiger partial charge in [-0.2, -0.15) is 0 Å². The van der Waals surface area contributed by atoms with Crippen molar-refractivity contribution in [2.75, 3.05) is 0 Å². The second kappa shape index (κ2) is 5.40. The third kappa shape index (κ3) is 3.18. The van der Waals surface area contributed by atoms with Gasteiger partial charge in [0.2, 0.25) is 5.91 Å². The largest absolute Gasteiger partial charge is 0.383 e. The molecule has 0 aliphatic heterocycles. The lowest BCUT2D eigenvalue weighted by Gasteiger charge is -2.08. The molecule has 1 rings (SSSR count). The van der Waals surface area contributed by atoms with E-state index in [2.05, 4.69) is 5.32 Å². The summed E-state index contributed by atoms with van der Waals surface area (Å²) in [5, 5.41) is 11.9. The van der Waals surface area contributed by atoms with Gasteiger partial charge in [-0.1, -0.05) is 37.3 Å². The maximum Gasteiger partial charge on any atom is 0.249 e. The van der Waals surface area contributed by atoms with Gasteiger partial charge in [-0.15, -0.1) is 0 Å². The van der Waals surface area contributed by atoms with Crippen LogP contribution in [0.4, 0.5) is 0 Å². The van der Waals surface area contributed by atoms with Crippen molar-refractivity contribution < 1.29 is 9.90 Å². The van der Waals surface area contributed by atoms with Crippen LogP contribution >= 0.6 is 0 Å². The minimum atomic E-state index is -0.890. The summed E-state index contributed by atoms with van der Waals surface area (Å²) >= 11 is 0. The molecule has 0 saturated heterocycles. The van der Waals surface area contributed by atoms with Crippen molar-refractivity contribution in [3.8, 4) is 0 Å². The summed E-state index contributed by atoms with van der Waals surface area (Å²) in [6.07, 6.45) is -0.445. The van der Waals surface area contributed by atoms with E-state index in [-0.39, 0.29) is 5.91 Å². The minimum Gasteiger partial charge on any atom is -0.383 e. The number of benzene rings is 1. The summed E-state index contributed by atoms with van der Waals surface area (Å²) < 4.78 is 0. The van der Waals surface area contributed by atoms with Crippen molar-refractivity contribution in [2.24, 2.45) is 0 Å². The zero-order valence-corrected chi connectivity index (χ0v) is 8.23. The molecule has 0 fully saturated rings. The molecule has 76 valence electrons. The van der Waals surface area contributed by atoms with Gasteiger partial charge in [0.05, 0.1) is 0 Å². The molecule has 0 aromatic heterocycles. The predicted molar refractivity (Wildman–Crippen MR) is 54.6 cm³/mol. The maximum atomic E-state index is 11.2. The van der Waals surface area contributed by atoms with Gasteiger partial charge in [-0.05, 0) is 12.0 Å². The van der Waals surface area contributed by atoms with Crippen LogP contribution in [0.15, 0.2) is 30.3 Å². The van der Waals surface area contributed by atoms with E-state index < -0.39 is 6.10 Å². The van der Waals surface area contributed by atoms with Crippen molar-refractivity contribution in [1.82, 2.24) is 5.32 Å². The fraction of sp³-hybridized carbons (Fsp3) is 0.364. The summed E-state index contributed by atoms with van der Waals surface area (Å²) in [7, 11) is 0. The number of carbonyl (C=O) groups is 1. The average Bonchev–Trinajstić information content (AvgIpc) is 2.26. The molecule has 0 saturated carbocycles. The summed E-state index contributed by atoms with van der Waals surface area (Å²) in [6, 6.07) is 9.61. The topological polar surface area (TPSA) is 49.3 Å². The summed E-state index contributed by atoms with van der Waals surface area (Å²) in [6.45, 7) is 2.24. The van der Waals surface area contributed by atoms with Crippen LogP contribution in [0, 0.1) is 0 Å². The number of aliphatic hydroxyl groups excluding tert-OH is 1. The normalized spacial score (nSPS) is 12.1. The van der Waals surface area contributed by atoms with Crippen LogP contribution in [0.2, 0.25) is 0 Å². The lowest BCUT2D eigenvalue weighted by Crippen LogP contribution is -2.33. The highest BCUT2D eigenvalue weighted by Crippen LogP contribution is 1.98. The average molecular weight is 193 g/mol. The highest BCUT2D eigenvalue weighted by molar-refractivity contribution is 5.80. The SMILES string of the molecule is CCC(O)C(=O)NCc1ccccc1. The highest BCUT2D eigenvalue weighted by Gasteiger charge is 2.10. The van der Waals surface area contributed by atoms with Crippen LogP contribution in [-0.2, 0) is 11.3 Å². The van der Waals surface area contributed by atoms with Gasteiger partial charge < -0.3 is 10.4 Å². The Morgan fingerprint density at radius 1 is 1.43 bits per heavy atom. The molecule has 0 heterocycles. The van der Waals surface area contributed by atoms with E-state index >= 15 is 0 Å². The maximum absolute atomic E-state index is 11.2. The quantitative estimate of drug-likeness (QED) is 0.751. The van der Waals surface area contributed by atoms with E-state index in [0.717, 1.165) is 5.56 Å². The first kappa shape index (κ1) is 10.7. The van der Waals surface area contributed by atoms with Crippen molar-refractivity contribution in [3.63, 3.8) is 0 Å². The van der Waals surface area contributed by atoms with Gasteiger partial charge >= 0.3 is 0 Å². The summed E-state index contributed by atoms with van der Waals surface area (Å²) in [5.74, 6) is -0.309. The van der Waals surface area contributed by atoms with Crippen LogP contribution in [-0.4, -0.2) is 17.1 Å². The molecule has 1 unspecified atom stereocenters. The third-order valence-electron chi connectivity index (χ3n) is 2.00. The zero-order valence-electron chi connectivity index (χ0n) is 8.23. The van der Waals surface area contributed by atoms with Crippen molar-refractivity contribution in [2.45, 2.75) is 26.0 Å². The first-order valence-corrected chi connectivity index (χ1v) is 4.73. The molecule has 1 aromatic rings. The van der Waals surface area contributed by atoms with Crippen molar-refractivity contribution in [3.05, 3.63) is 35.9 Å². The first-order valence-electron chi connectivity index (χ1n) is 4.73. The van der Waals surface area contributed by atoms with Crippen LogP contribution in [0.1, 0.15) is 18.9 Å².